The third kappa shape index (κ3) is 2.59. The number of hydrogen-bond acceptors (Lipinski definition) is 3. The maximum absolute atomic E-state index is 11.2. The van der Waals surface area contributed by atoms with E-state index in [2.05, 4.69) is 19.2 Å². The van der Waals surface area contributed by atoms with Gasteiger partial charge >= 0.3 is 5.97 Å². The molecule has 1 aliphatic rings. The molecule has 1 aromatic carbocycles. The Labute approximate surface area is 113 Å². The van der Waals surface area contributed by atoms with Gasteiger partial charge in [0.2, 0.25) is 0 Å². The number of ether oxygens (including phenoxy) is 1. The minimum absolute atomic E-state index is 0.0155. The molecule has 1 aliphatic carbocycles. The van der Waals surface area contributed by atoms with Gasteiger partial charge in [-0.05, 0) is 25.5 Å². The number of anilines is 1. The Morgan fingerprint density at radius 3 is 2.74 bits per heavy atom. The number of para-hydroxylation sites is 1. The van der Waals surface area contributed by atoms with Crippen molar-refractivity contribution in [2.45, 2.75) is 39.3 Å². The van der Waals surface area contributed by atoms with E-state index in [1.54, 1.807) is 12.1 Å². The number of hydrogen-bond donors (Lipinski definition) is 2. The topological polar surface area (TPSA) is 58.6 Å². The van der Waals surface area contributed by atoms with Crippen LogP contribution in [0.1, 0.15) is 37.6 Å². The van der Waals surface area contributed by atoms with E-state index in [0.29, 0.717) is 17.9 Å². The summed E-state index contributed by atoms with van der Waals surface area (Å²) < 4.78 is 5.68. The summed E-state index contributed by atoms with van der Waals surface area (Å²) in [5.74, 6) is -0.901. The van der Waals surface area contributed by atoms with Crippen molar-refractivity contribution in [2.24, 2.45) is 5.41 Å². The second kappa shape index (κ2) is 5.21. The molecule has 0 amide bonds. The number of benzene rings is 1. The van der Waals surface area contributed by atoms with Crippen LogP contribution in [0.3, 0.4) is 0 Å². The molecule has 0 bridgehead atoms. The summed E-state index contributed by atoms with van der Waals surface area (Å²) in [5.41, 5.74) is 1.02. The summed E-state index contributed by atoms with van der Waals surface area (Å²) in [7, 11) is 0. The molecule has 4 heteroatoms. The molecule has 1 fully saturated rings. The van der Waals surface area contributed by atoms with Crippen molar-refractivity contribution < 1.29 is 14.6 Å². The van der Waals surface area contributed by atoms with Crippen molar-refractivity contribution in [3.05, 3.63) is 29.8 Å². The van der Waals surface area contributed by atoms with Crippen molar-refractivity contribution in [3.63, 3.8) is 0 Å². The van der Waals surface area contributed by atoms with Gasteiger partial charge in [-0.25, -0.2) is 4.79 Å². The lowest BCUT2D eigenvalue weighted by Crippen LogP contribution is -2.58. The second-order valence-electron chi connectivity index (χ2n) is 5.55. The highest BCUT2D eigenvalue weighted by Gasteiger charge is 2.49. The van der Waals surface area contributed by atoms with Crippen LogP contribution in [0.4, 0.5) is 5.69 Å². The lowest BCUT2D eigenvalue weighted by molar-refractivity contribution is -0.0976. The first-order chi connectivity index (χ1) is 8.96. The molecule has 0 aliphatic heterocycles. The van der Waals surface area contributed by atoms with E-state index in [9.17, 15) is 9.90 Å². The summed E-state index contributed by atoms with van der Waals surface area (Å²) >= 11 is 0. The SMILES string of the molecule is CCOC1CC(Nc2ccccc2C(=O)O)C1(C)C. The predicted molar refractivity (Wildman–Crippen MR) is 74.6 cm³/mol. The van der Waals surface area contributed by atoms with Gasteiger partial charge in [0, 0.05) is 23.8 Å². The number of carbonyl (C=O) groups is 1. The van der Waals surface area contributed by atoms with Crippen LogP contribution in [-0.4, -0.2) is 29.8 Å². The van der Waals surface area contributed by atoms with E-state index in [-0.39, 0.29) is 17.6 Å². The van der Waals surface area contributed by atoms with Gasteiger partial charge in [-0.2, -0.15) is 0 Å². The van der Waals surface area contributed by atoms with E-state index >= 15 is 0 Å². The smallest absolute Gasteiger partial charge is 0.337 e. The van der Waals surface area contributed by atoms with Crippen LogP contribution in [-0.2, 0) is 4.74 Å². The Hall–Kier alpha value is -1.55. The van der Waals surface area contributed by atoms with Gasteiger partial charge in [-0.3, -0.25) is 0 Å². The Morgan fingerprint density at radius 2 is 2.16 bits per heavy atom. The zero-order valence-corrected chi connectivity index (χ0v) is 11.6. The molecule has 0 aromatic heterocycles. The van der Waals surface area contributed by atoms with Crippen molar-refractivity contribution in [1.82, 2.24) is 0 Å². The molecule has 2 atom stereocenters. The summed E-state index contributed by atoms with van der Waals surface area (Å²) in [6.45, 7) is 7.01. The fourth-order valence-corrected chi connectivity index (χ4v) is 2.60. The number of carboxylic acid groups (broad SMARTS) is 1. The van der Waals surface area contributed by atoms with E-state index in [4.69, 9.17) is 4.74 Å². The van der Waals surface area contributed by atoms with Gasteiger partial charge in [0.15, 0.2) is 0 Å². The van der Waals surface area contributed by atoms with Crippen molar-refractivity contribution >= 4 is 11.7 Å². The monoisotopic (exact) mass is 263 g/mol. The van der Waals surface area contributed by atoms with E-state index in [1.165, 1.54) is 0 Å². The van der Waals surface area contributed by atoms with Crippen LogP contribution >= 0.6 is 0 Å². The molecule has 0 heterocycles. The molecule has 1 saturated carbocycles. The van der Waals surface area contributed by atoms with Crippen LogP contribution in [0.15, 0.2) is 24.3 Å². The molecule has 2 unspecified atom stereocenters. The van der Waals surface area contributed by atoms with Gasteiger partial charge in [0.05, 0.1) is 11.7 Å². The summed E-state index contributed by atoms with van der Waals surface area (Å²) in [6, 6.07) is 7.26. The standard InChI is InChI=1S/C15H21NO3/c1-4-19-13-9-12(15(13,2)3)16-11-8-6-5-7-10(11)14(17)18/h5-8,12-13,16H,4,9H2,1-3H3,(H,17,18). The Morgan fingerprint density at radius 1 is 1.47 bits per heavy atom. The molecular weight excluding hydrogens is 242 g/mol. The average molecular weight is 263 g/mol. The molecular formula is C15H21NO3. The summed E-state index contributed by atoms with van der Waals surface area (Å²) in [5, 5.41) is 12.5. The lowest BCUT2D eigenvalue weighted by atomic mass is 9.64. The summed E-state index contributed by atoms with van der Waals surface area (Å²) in [4.78, 5) is 11.2. The number of nitrogens with one attached hydrogen (secondary N) is 1. The Bertz CT molecular complexity index is 470. The first-order valence-electron chi connectivity index (χ1n) is 6.67. The summed E-state index contributed by atoms with van der Waals surface area (Å²) in [6.07, 6.45) is 1.15. The fraction of sp³-hybridized carbons (Fsp3) is 0.533. The zero-order chi connectivity index (χ0) is 14.0. The van der Waals surface area contributed by atoms with Gasteiger partial charge in [0.25, 0.3) is 0 Å². The van der Waals surface area contributed by atoms with Gasteiger partial charge in [-0.1, -0.05) is 26.0 Å². The molecule has 4 nitrogen and oxygen atoms in total. The van der Waals surface area contributed by atoms with Crippen LogP contribution in [0.2, 0.25) is 0 Å². The van der Waals surface area contributed by atoms with E-state index in [1.807, 2.05) is 19.1 Å². The molecule has 1 aromatic rings. The highest BCUT2D eigenvalue weighted by atomic mass is 16.5. The first-order valence-corrected chi connectivity index (χ1v) is 6.67. The molecule has 2 rings (SSSR count). The van der Waals surface area contributed by atoms with E-state index in [0.717, 1.165) is 6.42 Å². The minimum atomic E-state index is -0.901. The number of aromatic carboxylic acids is 1. The molecule has 0 spiro atoms. The minimum Gasteiger partial charge on any atom is -0.478 e. The Balaban J connectivity index is 2.10. The van der Waals surface area contributed by atoms with Gasteiger partial charge < -0.3 is 15.2 Å². The van der Waals surface area contributed by atoms with Crippen molar-refractivity contribution in [3.8, 4) is 0 Å². The largest absolute Gasteiger partial charge is 0.478 e. The van der Waals surface area contributed by atoms with Crippen molar-refractivity contribution in [2.75, 3.05) is 11.9 Å². The fourth-order valence-electron chi connectivity index (χ4n) is 2.60. The first kappa shape index (κ1) is 13.9. The number of carboxylic acids is 1. The normalized spacial score (nSPS) is 24.6. The number of rotatable bonds is 5. The zero-order valence-electron chi connectivity index (χ0n) is 11.6. The third-order valence-electron chi connectivity index (χ3n) is 4.03. The quantitative estimate of drug-likeness (QED) is 0.857. The van der Waals surface area contributed by atoms with Crippen LogP contribution in [0.25, 0.3) is 0 Å². The predicted octanol–water partition coefficient (Wildman–Crippen LogP) is 3.00. The maximum atomic E-state index is 11.2. The lowest BCUT2D eigenvalue weighted by Gasteiger charge is -2.52. The second-order valence-corrected chi connectivity index (χ2v) is 5.55. The van der Waals surface area contributed by atoms with E-state index < -0.39 is 5.97 Å². The molecule has 0 saturated heterocycles. The maximum Gasteiger partial charge on any atom is 0.337 e. The molecule has 104 valence electrons. The van der Waals surface area contributed by atoms with Crippen LogP contribution < -0.4 is 5.32 Å². The third-order valence-corrected chi connectivity index (χ3v) is 4.03. The van der Waals surface area contributed by atoms with Crippen LogP contribution in [0, 0.1) is 5.41 Å². The molecule has 2 N–H and O–H groups in total. The Kier molecular flexibility index (Phi) is 3.80. The van der Waals surface area contributed by atoms with Crippen molar-refractivity contribution in [1.29, 1.82) is 0 Å². The average Bonchev–Trinajstić information content (AvgIpc) is 2.38. The molecule has 0 radical (unpaired) electrons. The van der Waals surface area contributed by atoms with Crippen LogP contribution in [0.5, 0.6) is 0 Å². The van der Waals surface area contributed by atoms with Gasteiger partial charge in [0.1, 0.15) is 0 Å². The highest BCUT2D eigenvalue weighted by Crippen LogP contribution is 2.44. The van der Waals surface area contributed by atoms with Gasteiger partial charge in [-0.15, -0.1) is 0 Å². The molecule has 19 heavy (non-hydrogen) atoms. The highest BCUT2D eigenvalue weighted by molar-refractivity contribution is 5.94.